The van der Waals surface area contributed by atoms with Gasteiger partial charge in [0, 0.05) is 0 Å². The number of methoxy groups -OCH3 is 1. The maximum absolute atomic E-state index is 13.5. The van der Waals surface area contributed by atoms with E-state index in [1.807, 2.05) is 0 Å². The predicted molar refractivity (Wildman–Crippen MR) is 69.0 cm³/mol. The molecule has 0 amide bonds. The van der Waals surface area contributed by atoms with Crippen molar-refractivity contribution in [3.8, 4) is 16.9 Å². The Kier molecular flexibility index (Phi) is 3.74. The first-order valence-corrected chi connectivity index (χ1v) is 6.43. The molecule has 0 aliphatic rings. The Morgan fingerprint density at radius 3 is 2.22 bits per heavy atom. The van der Waals surface area contributed by atoms with E-state index in [1.165, 1.54) is 13.2 Å². The van der Waals surface area contributed by atoms with Gasteiger partial charge in [0.1, 0.15) is 11.0 Å². The summed E-state index contributed by atoms with van der Waals surface area (Å²) in [6.07, 6.45) is 0. The zero-order chi connectivity index (χ0) is 13.1. The van der Waals surface area contributed by atoms with Crippen LogP contribution in [-0.4, -0.2) is 11.3 Å². The molecule has 94 valence electrons. The minimum atomic E-state index is -1.50. The van der Waals surface area contributed by atoms with Gasteiger partial charge in [-0.25, -0.2) is 13.7 Å². The highest BCUT2D eigenvalue weighted by atomic mass is 32.2. The van der Waals surface area contributed by atoms with Gasteiger partial charge < -0.3 is 4.74 Å². The highest BCUT2D eigenvalue weighted by molar-refractivity contribution is 7.82. The Labute approximate surface area is 107 Å². The van der Waals surface area contributed by atoms with Crippen LogP contribution in [-0.2, 0) is 11.0 Å². The molecule has 5 heteroatoms. The van der Waals surface area contributed by atoms with Crippen molar-refractivity contribution in [2.24, 2.45) is 5.14 Å². The minimum Gasteiger partial charge on any atom is -0.494 e. The zero-order valence-electron chi connectivity index (χ0n) is 9.72. The van der Waals surface area contributed by atoms with Crippen LogP contribution in [0.2, 0.25) is 0 Å². The van der Waals surface area contributed by atoms with Crippen LogP contribution in [0, 0.1) is 5.82 Å². The van der Waals surface area contributed by atoms with E-state index in [1.54, 1.807) is 36.4 Å². The van der Waals surface area contributed by atoms with Gasteiger partial charge >= 0.3 is 0 Å². The van der Waals surface area contributed by atoms with Gasteiger partial charge in [0.05, 0.1) is 12.0 Å². The van der Waals surface area contributed by atoms with Crippen LogP contribution in [0.1, 0.15) is 0 Å². The highest BCUT2D eigenvalue weighted by Gasteiger charge is 2.05. The molecule has 0 radical (unpaired) electrons. The van der Waals surface area contributed by atoms with Crippen molar-refractivity contribution < 1.29 is 13.3 Å². The summed E-state index contributed by atoms with van der Waals surface area (Å²) in [6.45, 7) is 0. The summed E-state index contributed by atoms with van der Waals surface area (Å²) in [5, 5.41) is 5.26. The number of halogens is 1. The lowest BCUT2D eigenvalue weighted by atomic mass is 10.1. The number of rotatable bonds is 3. The summed E-state index contributed by atoms with van der Waals surface area (Å²) in [5.74, 6) is -0.208. The minimum absolute atomic E-state index is 0.207. The Bertz CT molecular complexity index is 584. The SMILES string of the molecule is COc1ccc(-c2ccc(S(N)=O)cc2)cc1F. The predicted octanol–water partition coefficient (Wildman–Crippen LogP) is 2.48. The second-order valence-corrected chi connectivity index (χ2v) is 4.74. The topological polar surface area (TPSA) is 52.3 Å². The number of hydrogen-bond acceptors (Lipinski definition) is 2. The van der Waals surface area contributed by atoms with Crippen LogP contribution in [0.15, 0.2) is 47.4 Å². The van der Waals surface area contributed by atoms with Crippen LogP contribution in [0.5, 0.6) is 5.75 Å². The molecule has 2 aromatic carbocycles. The van der Waals surface area contributed by atoms with E-state index < -0.39 is 16.8 Å². The van der Waals surface area contributed by atoms with Gasteiger partial charge in [-0.2, -0.15) is 0 Å². The van der Waals surface area contributed by atoms with Gasteiger partial charge in [0.2, 0.25) is 0 Å². The third kappa shape index (κ3) is 2.57. The van der Waals surface area contributed by atoms with Gasteiger partial charge in [-0.1, -0.05) is 18.2 Å². The molecule has 0 aliphatic carbocycles. The number of ether oxygens (including phenoxy) is 1. The number of hydrogen-bond donors (Lipinski definition) is 1. The molecule has 2 aromatic rings. The molecule has 0 heterocycles. The van der Waals surface area contributed by atoms with Gasteiger partial charge in [-0.05, 0) is 35.4 Å². The Hall–Kier alpha value is -1.72. The van der Waals surface area contributed by atoms with E-state index in [-0.39, 0.29) is 5.75 Å². The van der Waals surface area contributed by atoms with Gasteiger partial charge in [-0.15, -0.1) is 0 Å². The third-order valence-corrected chi connectivity index (χ3v) is 3.31. The monoisotopic (exact) mass is 265 g/mol. The average molecular weight is 265 g/mol. The number of nitrogens with two attached hydrogens (primary N) is 1. The Balaban J connectivity index is 2.36. The van der Waals surface area contributed by atoms with E-state index in [0.717, 1.165) is 11.1 Å². The van der Waals surface area contributed by atoms with E-state index in [4.69, 9.17) is 9.88 Å². The first-order valence-electron chi connectivity index (χ1n) is 5.22. The third-order valence-electron chi connectivity index (χ3n) is 2.57. The van der Waals surface area contributed by atoms with E-state index in [9.17, 15) is 8.60 Å². The molecule has 0 fully saturated rings. The average Bonchev–Trinajstić information content (AvgIpc) is 2.38. The molecule has 0 bridgehead atoms. The van der Waals surface area contributed by atoms with Crippen LogP contribution >= 0.6 is 0 Å². The molecule has 0 saturated heterocycles. The molecule has 0 spiro atoms. The second kappa shape index (κ2) is 5.29. The summed E-state index contributed by atoms with van der Waals surface area (Å²) in [6, 6.07) is 11.5. The summed E-state index contributed by atoms with van der Waals surface area (Å²) in [4.78, 5) is 0.535. The molecule has 3 nitrogen and oxygen atoms in total. The van der Waals surface area contributed by atoms with Crippen molar-refractivity contribution in [1.82, 2.24) is 0 Å². The second-order valence-electron chi connectivity index (χ2n) is 3.67. The Morgan fingerprint density at radius 1 is 1.11 bits per heavy atom. The van der Waals surface area contributed by atoms with Crippen molar-refractivity contribution in [3.63, 3.8) is 0 Å². The standard InChI is InChI=1S/C13H12FNO2S/c1-17-13-7-4-10(8-12(13)14)9-2-5-11(6-3-9)18(15)16/h2-8H,15H2,1H3. The molecular weight excluding hydrogens is 253 g/mol. The smallest absolute Gasteiger partial charge is 0.165 e. The van der Waals surface area contributed by atoms with Gasteiger partial charge in [-0.3, -0.25) is 0 Å². The van der Waals surface area contributed by atoms with Crippen LogP contribution in [0.4, 0.5) is 4.39 Å². The van der Waals surface area contributed by atoms with Gasteiger partial charge in [0.25, 0.3) is 0 Å². The quantitative estimate of drug-likeness (QED) is 0.927. The lowest BCUT2D eigenvalue weighted by Gasteiger charge is -2.06. The summed E-state index contributed by atoms with van der Waals surface area (Å²) in [5.41, 5.74) is 1.55. The zero-order valence-corrected chi connectivity index (χ0v) is 10.5. The normalized spacial score (nSPS) is 12.2. The van der Waals surface area contributed by atoms with Crippen LogP contribution < -0.4 is 9.88 Å². The largest absolute Gasteiger partial charge is 0.494 e. The Morgan fingerprint density at radius 2 is 1.72 bits per heavy atom. The molecule has 2 N–H and O–H groups in total. The molecular formula is C13H12FNO2S. The molecule has 1 unspecified atom stereocenters. The van der Waals surface area contributed by atoms with Crippen molar-refractivity contribution >= 4 is 11.0 Å². The molecule has 18 heavy (non-hydrogen) atoms. The van der Waals surface area contributed by atoms with Crippen LogP contribution in [0.25, 0.3) is 11.1 Å². The molecule has 0 saturated carbocycles. The summed E-state index contributed by atoms with van der Waals surface area (Å²) >= 11 is 0. The summed E-state index contributed by atoms with van der Waals surface area (Å²) in [7, 11) is -0.0771. The van der Waals surface area contributed by atoms with Gasteiger partial charge in [0.15, 0.2) is 11.6 Å². The molecule has 1 atom stereocenters. The first kappa shape index (κ1) is 12.7. The maximum Gasteiger partial charge on any atom is 0.165 e. The van der Waals surface area contributed by atoms with E-state index in [2.05, 4.69) is 0 Å². The lowest BCUT2D eigenvalue weighted by Crippen LogP contribution is -2.01. The maximum atomic E-state index is 13.5. The fraction of sp³-hybridized carbons (Fsp3) is 0.0769. The van der Waals surface area contributed by atoms with E-state index >= 15 is 0 Å². The first-order chi connectivity index (χ1) is 8.61. The van der Waals surface area contributed by atoms with Crippen molar-refractivity contribution in [2.75, 3.05) is 7.11 Å². The molecule has 0 aromatic heterocycles. The summed E-state index contributed by atoms with van der Waals surface area (Å²) < 4.78 is 29.4. The highest BCUT2D eigenvalue weighted by Crippen LogP contribution is 2.25. The lowest BCUT2D eigenvalue weighted by molar-refractivity contribution is 0.386. The van der Waals surface area contributed by atoms with Crippen LogP contribution in [0.3, 0.4) is 0 Å². The molecule has 0 aliphatic heterocycles. The fourth-order valence-electron chi connectivity index (χ4n) is 1.63. The number of benzene rings is 2. The van der Waals surface area contributed by atoms with Crippen molar-refractivity contribution in [1.29, 1.82) is 0 Å². The molecule has 2 rings (SSSR count). The van der Waals surface area contributed by atoms with Crippen molar-refractivity contribution in [3.05, 3.63) is 48.3 Å². The fourth-order valence-corrected chi connectivity index (χ4v) is 2.03. The van der Waals surface area contributed by atoms with Crippen molar-refractivity contribution in [2.45, 2.75) is 4.90 Å². The van der Waals surface area contributed by atoms with E-state index in [0.29, 0.717) is 4.90 Å².